The van der Waals surface area contributed by atoms with E-state index in [0.717, 1.165) is 16.0 Å². The maximum absolute atomic E-state index is 5.66. The van der Waals surface area contributed by atoms with Gasteiger partial charge in [-0.15, -0.1) is 11.3 Å². The highest BCUT2D eigenvalue weighted by Gasteiger charge is 2.01. The second kappa shape index (κ2) is 2.17. The quantitative estimate of drug-likeness (QED) is 0.644. The summed E-state index contributed by atoms with van der Waals surface area (Å²) in [6.45, 7) is 1.84. The molecule has 0 aliphatic rings. The van der Waals surface area contributed by atoms with E-state index in [4.69, 9.17) is 5.73 Å². The number of aromatic nitrogens is 2. The zero-order chi connectivity index (χ0) is 7.84. The molecule has 2 aromatic heterocycles. The van der Waals surface area contributed by atoms with E-state index in [1.807, 2.05) is 18.4 Å². The summed E-state index contributed by atoms with van der Waals surface area (Å²) in [6, 6.07) is 1.94. The third-order valence-electron chi connectivity index (χ3n) is 1.47. The van der Waals surface area contributed by atoms with Gasteiger partial charge in [0.2, 0.25) is 0 Å². The lowest BCUT2D eigenvalue weighted by Gasteiger charge is -1.95. The van der Waals surface area contributed by atoms with Crippen LogP contribution in [0.2, 0.25) is 0 Å². The summed E-state index contributed by atoms with van der Waals surface area (Å²) >= 11 is 1.58. The Morgan fingerprint density at radius 3 is 3.09 bits per heavy atom. The molecule has 11 heavy (non-hydrogen) atoms. The van der Waals surface area contributed by atoms with Gasteiger partial charge in [0, 0.05) is 0 Å². The van der Waals surface area contributed by atoms with Gasteiger partial charge >= 0.3 is 0 Å². The Morgan fingerprint density at radius 1 is 1.45 bits per heavy atom. The van der Waals surface area contributed by atoms with E-state index >= 15 is 0 Å². The molecule has 3 nitrogen and oxygen atoms in total. The van der Waals surface area contributed by atoms with Crippen LogP contribution in [0, 0.1) is 6.92 Å². The molecule has 2 N–H and O–H groups in total. The second-order valence-corrected chi connectivity index (χ2v) is 3.19. The van der Waals surface area contributed by atoms with E-state index in [1.165, 1.54) is 0 Å². The van der Waals surface area contributed by atoms with Crippen LogP contribution in [0.15, 0.2) is 11.4 Å². The SMILES string of the molecule is Cc1nc(N)c2ccsc2n1. The van der Waals surface area contributed by atoms with Crippen LogP contribution in [0.1, 0.15) is 5.82 Å². The summed E-state index contributed by atoms with van der Waals surface area (Å²) in [5.41, 5.74) is 5.66. The number of fused-ring (bicyclic) bond motifs is 1. The van der Waals surface area contributed by atoms with Crippen molar-refractivity contribution in [2.24, 2.45) is 0 Å². The van der Waals surface area contributed by atoms with Crippen LogP contribution < -0.4 is 5.73 Å². The Balaban J connectivity index is 2.91. The normalized spacial score (nSPS) is 10.6. The van der Waals surface area contributed by atoms with Gasteiger partial charge in [0.15, 0.2) is 0 Å². The molecule has 0 aliphatic heterocycles. The zero-order valence-corrected chi connectivity index (χ0v) is 6.85. The van der Waals surface area contributed by atoms with Crippen LogP contribution in [0.4, 0.5) is 5.82 Å². The minimum atomic E-state index is 0.578. The van der Waals surface area contributed by atoms with E-state index in [2.05, 4.69) is 9.97 Å². The van der Waals surface area contributed by atoms with Crippen LogP contribution in [0.25, 0.3) is 10.2 Å². The minimum Gasteiger partial charge on any atom is -0.383 e. The van der Waals surface area contributed by atoms with Crippen molar-refractivity contribution in [3.8, 4) is 0 Å². The predicted octanol–water partition coefficient (Wildman–Crippen LogP) is 1.58. The molecular weight excluding hydrogens is 158 g/mol. The fourth-order valence-corrected chi connectivity index (χ4v) is 1.81. The standard InChI is InChI=1S/C7H7N3S/c1-4-9-6(8)5-2-3-11-7(5)10-4/h2-3H,1H3,(H2,8,9,10). The van der Waals surface area contributed by atoms with Crippen LogP contribution >= 0.6 is 11.3 Å². The molecule has 0 aliphatic carbocycles. The fourth-order valence-electron chi connectivity index (χ4n) is 0.989. The first-order valence-electron chi connectivity index (χ1n) is 3.24. The maximum Gasteiger partial charge on any atom is 0.135 e. The molecule has 0 saturated carbocycles. The number of anilines is 1. The Kier molecular flexibility index (Phi) is 1.29. The lowest BCUT2D eigenvalue weighted by Crippen LogP contribution is -1.94. The van der Waals surface area contributed by atoms with Crippen LogP contribution in [-0.4, -0.2) is 9.97 Å². The van der Waals surface area contributed by atoms with Crippen molar-refractivity contribution in [1.82, 2.24) is 9.97 Å². The first kappa shape index (κ1) is 6.54. The van der Waals surface area contributed by atoms with E-state index in [1.54, 1.807) is 11.3 Å². The fraction of sp³-hybridized carbons (Fsp3) is 0.143. The van der Waals surface area contributed by atoms with Crippen LogP contribution in [0.3, 0.4) is 0 Å². The highest BCUT2D eigenvalue weighted by molar-refractivity contribution is 7.16. The molecular formula is C7H7N3S. The Labute approximate surface area is 67.9 Å². The maximum atomic E-state index is 5.66. The van der Waals surface area contributed by atoms with Crippen molar-refractivity contribution < 1.29 is 0 Å². The average Bonchev–Trinajstić information content (AvgIpc) is 2.34. The molecule has 56 valence electrons. The highest BCUT2D eigenvalue weighted by atomic mass is 32.1. The molecule has 2 heterocycles. The molecule has 4 heteroatoms. The van der Waals surface area contributed by atoms with Gasteiger partial charge in [-0.25, -0.2) is 9.97 Å². The molecule has 0 saturated heterocycles. The van der Waals surface area contributed by atoms with Crippen molar-refractivity contribution in [3.63, 3.8) is 0 Å². The second-order valence-electron chi connectivity index (χ2n) is 2.30. The predicted molar refractivity (Wildman–Crippen MR) is 46.6 cm³/mol. The molecule has 0 amide bonds. The Bertz CT molecular complexity index is 393. The summed E-state index contributed by atoms with van der Waals surface area (Å²) in [6.07, 6.45) is 0. The molecule has 0 aromatic carbocycles. The number of thiophene rings is 1. The largest absolute Gasteiger partial charge is 0.383 e. The third-order valence-corrected chi connectivity index (χ3v) is 2.27. The average molecular weight is 165 g/mol. The van der Waals surface area contributed by atoms with Crippen LogP contribution in [-0.2, 0) is 0 Å². The number of aryl methyl sites for hydroxylation is 1. The number of hydrogen-bond donors (Lipinski definition) is 1. The van der Waals surface area contributed by atoms with Gasteiger partial charge in [-0.1, -0.05) is 0 Å². The first-order valence-corrected chi connectivity index (χ1v) is 4.12. The minimum absolute atomic E-state index is 0.578. The molecule has 2 aromatic rings. The van der Waals surface area contributed by atoms with E-state index in [-0.39, 0.29) is 0 Å². The lowest BCUT2D eigenvalue weighted by molar-refractivity contribution is 1.11. The Hall–Kier alpha value is -1.16. The number of nitrogens with zero attached hydrogens (tertiary/aromatic N) is 2. The summed E-state index contributed by atoms with van der Waals surface area (Å²) in [7, 11) is 0. The molecule has 0 fully saturated rings. The van der Waals surface area contributed by atoms with Gasteiger partial charge in [-0.05, 0) is 18.4 Å². The van der Waals surface area contributed by atoms with Gasteiger partial charge in [-0.2, -0.15) is 0 Å². The van der Waals surface area contributed by atoms with Gasteiger partial charge < -0.3 is 5.73 Å². The van der Waals surface area contributed by atoms with Gasteiger partial charge in [-0.3, -0.25) is 0 Å². The molecule has 0 radical (unpaired) electrons. The molecule has 2 rings (SSSR count). The van der Waals surface area contributed by atoms with Crippen molar-refractivity contribution in [3.05, 3.63) is 17.3 Å². The van der Waals surface area contributed by atoms with E-state index in [9.17, 15) is 0 Å². The van der Waals surface area contributed by atoms with Crippen molar-refractivity contribution in [1.29, 1.82) is 0 Å². The van der Waals surface area contributed by atoms with Crippen molar-refractivity contribution >= 4 is 27.4 Å². The van der Waals surface area contributed by atoms with E-state index in [0.29, 0.717) is 5.82 Å². The molecule has 0 bridgehead atoms. The first-order chi connectivity index (χ1) is 5.27. The summed E-state index contributed by atoms with van der Waals surface area (Å²) in [5.74, 6) is 1.31. The number of nitrogens with two attached hydrogens (primary N) is 1. The Morgan fingerprint density at radius 2 is 2.27 bits per heavy atom. The van der Waals surface area contributed by atoms with E-state index < -0.39 is 0 Å². The molecule has 0 unspecified atom stereocenters. The molecule has 0 spiro atoms. The number of rotatable bonds is 0. The monoisotopic (exact) mass is 165 g/mol. The topological polar surface area (TPSA) is 51.8 Å². The van der Waals surface area contributed by atoms with Gasteiger partial charge in [0.1, 0.15) is 16.5 Å². The molecule has 0 atom stereocenters. The summed E-state index contributed by atoms with van der Waals surface area (Å²) in [4.78, 5) is 9.24. The lowest BCUT2D eigenvalue weighted by atomic mass is 10.4. The third kappa shape index (κ3) is 0.952. The van der Waals surface area contributed by atoms with Crippen molar-refractivity contribution in [2.75, 3.05) is 5.73 Å². The summed E-state index contributed by atoms with van der Waals surface area (Å²) < 4.78 is 0. The van der Waals surface area contributed by atoms with Gasteiger partial charge in [0.05, 0.1) is 5.39 Å². The van der Waals surface area contributed by atoms with Gasteiger partial charge in [0.25, 0.3) is 0 Å². The number of hydrogen-bond acceptors (Lipinski definition) is 4. The van der Waals surface area contributed by atoms with Crippen molar-refractivity contribution in [2.45, 2.75) is 6.92 Å². The summed E-state index contributed by atoms with van der Waals surface area (Å²) in [5, 5.41) is 2.93. The van der Waals surface area contributed by atoms with Crippen LogP contribution in [0.5, 0.6) is 0 Å². The zero-order valence-electron chi connectivity index (χ0n) is 6.03. The number of nitrogen functional groups attached to an aromatic ring is 1. The smallest absolute Gasteiger partial charge is 0.135 e. The highest BCUT2D eigenvalue weighted by Crippen LogP contribution is 2.22.